The highest BCUT2D eigenvalue weighted by Gasteiger charge is 2.25. The van der Waals surface area contributed by atoms with E-state index in [1.807, 2.05) is 0 Å². The minimum absolute atomic E-state index is 0.0970. The third kappa shape index (κ3) is 4.94. The first-order valence-electron chi connectivity index (χ1n) is 9.05. The molecule has 0 aliphatic rings. The first kappa shape index (κ1) is 22.5. The first-order chi connectivity index (χ1) is 14.7. The van der Waals surface area contributed by atoms with Gasteiger partial charge in [-0.25, -0.2) is 18.6 Å². The summed E-state index contributed by atoms with van der Waals surface area (Å²) >= 11 is 0.939. The lowest BCUT2D eigenvalue weighted by atomic mass is 10.1. The lowest BCUT2D eigenvalue weighted by molar-refractivity contribution is -0.139. The molecule has 11 heteroatoms. The number of carbonyl (C=O) groups excluding carboxylic acids is 2. The zero-order valence-electron chi connectivity index (χ0n) is 17.0. The number of aromatic amines is 1. The molecular weight excluding hydrogens is 432 g/mol. The van der Waals surface area contributed by atoms with E-state index in [0.29, 0.717) is 0 Å². The molecule has 3 aromatic rings. The maximum absolute atomic E-state index is 13.9. The van der Waals surface area contributed by atoms with E-state index in [1.165, 1.54) is 26.4 Å². The number of ether oxygens (including phenoxy) is 2. The van der Waals surface area contributed by atoms with Gasteiger partial charge in [-0.2, -0.15) is 0 Å². The summed E-state index contributed by atoms with van der Waals surface area (Å²) < 4.78 is 36.4. The summed E-state index contributed by atoms with van der Waals surface area (Å²) in [6.45, 7) is 0.305. The van der Waals surface area contributed by atoms with Crippen LogP contribution in [0.3, 0.4) is 0 Å². The molecule has 0 spiro atoms. The number of halogens is 2. The van der Waals surface area contributed by atoms with Gasteiger partial charge >= 0.3 is 11.9 Å². The molecule has 0 atom stereocenters. The number of nitrogens with one attached hydrogen (secondary N) is 1. The molecule has 8 nitrogen and oxygen atoms in total. The van der Waals surface area contributed by atoms with Crippen LogP contribution in [0.5, 0.6) is 0 Å². The number of carbonyl (C=O) groups is 2. The van der Waals surface area contributed by atoms with Crippen LogP contribution in [0.4, 0.5) is 8.78 Å². The van der Waals surface area contributed by atoms with Crippen molar-refractivity contribution in [1.29, 1.82) is 0 Å². The van der Waals surface area contributed by atoms with Crippen LogP contribution in [0.2, 0.25) is 0 Å². The average molecular weight is 451 g/mol. The molecule has 0 unspecified atom stereocenters. The number of H-pyrrole nitrogens is 1. The van der Waals surface area contributed by atoms with Gasteiger partial charge in [0.25, 0.3) is 5.56 Å². The maximum atomic E-state index is 13.9. The highest BCUT2D eigenvalue weighted by molar-refractivity contribution is 7.20. The Bertz CT molecular complexity index is 1210. The Kier molecular flexibility index (Phi) is 6.76. The molecule has 31 heavy (non-hydrogen) atoms. The minimum Gasteiger partial charge on any atom is -0.469 e. The molecule has 0 amide bonds. The number of esters is 2. The molecule has 0 radical (unpaired) electrons. The Balaban J connectivity index is 1.93. The van der Waals surface area contributed by atoms with Gasteiger partial charge in [0.1, 0.15) is 27.2 Å². The van der Waals surface area contributed by atoms with Crippen LogP contribution >= 0.6 is 11.3 Å². The second kappa shape index (κ2) is 9.31. The highest BCUT2D eigenvalue weighted by atomic mass is 32.1. The summed E-state index contributed by atoms with van der Waals surface area (Å²) in [6.07, 6.45) is -0.283. The maximum Gasteiger partial charge on any atom is 0.348 e. The molecule has 0 saturated carbocycles. The number of fused-ring (bicyclic) bond motifs is 1. The van der Waals surface area contributed by atoms with Gasteiger partial charge in [0, 0.05) is 23.7 Å². The topological polar surface area (TPSA) is 102 Å². The monoisotopic (exact) mass is 451 g/mol. The van der Waals surface area contributed by atoms with Crippen LogP contribution in [0, 0.1) is 11.6 Å². The van der Waals surface area contributed by atoms with E-state index in [9.17, 15) is 23.2 Å². The van der Waals surface area contributed by atoms with E-state index in [0.717, 1.165) is 17.4 Å². The summed E-state index contributed by atoms with van der Waals surface area (Å²) in [4.78, 5) is 45.7. The summed E-state index contributed by atoms with van der Waals surface area (Å²) in [5.41, 5.74) is -0.0378. The standard InChI is InChI=1S/C20H19F2N3O5S/c1-25(8-10-4-5-11(21)6-13(10)22)9-14-23-18(27)16-12(7-15(26)29-2)17(20(28)30-3)31-19(16)24-14/h4-6H,7-9H2,1-3H3,(H,23,24,27). The Labute approximate surface area is 179 Å². The van der Waals surface area contributed by atoms with Gasteiger partial charge in [-0.05, 0) is 13.1 Å². The number of hydrogen-bond donors (Lipinski definition) is 1. The molecule has 2 heterocycles. The second-order valence-electron chi connectivity index (χ2n) is 6.76. The van der Waals surface area contributed by atoms with E-state index < -0.39 is 29.1 Å². The number of aromatic nitrogens is 2. The van der Waals surface area contributed by atoms with Crippen LogP contribution in [0.15, 0.2) is 23.0 Å². The van der Waals surface area contributed by atoms with E-state index >= 15 is 0 Å². The molecule has 0 saturated heterocycles. The van der Waals surface area contributed by atoms with E-state index in [1.54, 1.807) is 11.9 Å². The van der Waals surface area contributed by atoms with Crippen LogP contribution < -0.4 is 5.56 Å². The zero-order valence-corrected chi connectivity index (χ0v) is 17.8. The fourth-order valence-corrected chi connectivity index (χ4v) is 4.21. The average Bonchev–Trinajstić information content (AvgIpc) is 3.07. The zero-order chi connectivity index (χ0) is 22.7. The lowest BCUT2D eigenvalue weighted by Gasteiger charge is -2.16. The molecule has 0 bridgehead atoms. The van der Waals surface area contributed by atoms with Gasteiger partial charge in [-0.1, -0.05) is 6.07 Å². The van der Waals surface area contributed by atoms with Crippen molar-refractivity contribution < 1.29 is 27.8 Å². The third-order valence-electron chi connectivity index (χ3n) is 4.50. The van der Waals surface area contributed by atoms with Crippen molar-refractivity contribution in [3.05, 3.63) is 62.0 Å². The van der Waals surface area contributed by atoms with Gasteiger partial charge in [-0.3, -0.25) is 14.5 Å². The van der Waals surface area contributed by atoms with Gasteiger partial charge < -0.3 is 14.5 Å². The highest BCUT2D eigenvalue weighted by Crippen LogP contribution is 2.29. The van der Waals surface area contributed by atoms with Crippen molar-refractivity contribution >= 4 is 33.5 Å². The summed E-state index contributed by atoms with van der Waals surface area (Å²) in [7, 11) is 4.08. The number of benzene rings is 1. The van der Waals surface area contributed by atoms with Gasteiger partial charge in [0.15, 0.2) is 0 Å². The Morgan fingerprint density at radius 3 is 2.58 bits per heavy atom. The van der Waals surface area contributed by atoms with Crippen LogP contribution in [0.1, 0.15) is 26.6 Å². The number of methoxy groups -OCH3 is 2. The van der Waals surface area contributed by atoms with Gasteiger partial charge in [0.2, 0.25) is 0 Å². The molecule has 3 rings (SSSR count). The molecule has 0 aliphatic carbocycles. The quantitative estimate of drug-likeness (QED) is 0.551. The minimum atomic E-state index is -0.688. The molecular formula is C20H19F2N3O5S. The van der Waals surface area contributed by atoms with E-state index in [4.69, 9.17) is 4.74 Å². The number of rotatable bonds is 7. The number of thiophene rings is 1. The van der Waals surface area contributed by atoms with Crippen LogP contribution in [-0.4, -0.2) is 48.1 Å². The normalized spacial score (nSPS) is 11.2. The molecule has 0 fully saturated rings. The van der Waals surface area contributed by atoms with E-state index in [2.05, 4.69) is 14.7 Å². The van der Waals surface area contributed by atoms with E-state index in [-0.39, 0.29) is 51.6 Å². The SMILES string of the molecule is COC(=O)Cc1c(C(=O)OC)sc2nc(CN(C)Cc3ccc(F)cc3F)[nH]c(=O)c12. The fraction of sp³-hybridized carbons (Fsp3) is 0.300. The van der Waals surface area contributed by atoms with Gasteiger partial charge in [0.05, 0.1) is 32.6 Å². The molecule has 1 aromatic carbocycles. The predicted molar refractivity (Wildman–Crippen MR) is 109 cm³/mol. The summed E-state index contributed by atoms with van der Waals surface area (Å²) in [5, 5.41) is 0.117. The molecule has 2 aromatic heterocycles. The summed E-state index contributed by atoms with van der Waals surface area (Å²) in [5.74, 6) is -2.36. The predicted octanol–water partition coefficient (Wildman–Crippen LogP) is 2.40. The smallest absolute Gasteiger partial charge is 0.348 e. The molecule has 164 valence electrons. The Hall–Kier alpha value is -3.18. The molecule has 0 aliphatic heterocycles. The van der Waals surface area contributed by atoms with Crippen molar-refractivity contribution in [2.24, 2.45) is 0 Å². The van der Waals surface area contributed by atoms with Crippen LogP contribution in [-0.2, 0) is 33.8 Å². The summed E-state index contributed by atoms with van der Waals surface area (Å²) in [6, 6.07) is 3.32. The first-order valence-corrected chi connectivity index (χ1v) is 9.87. The van der Waals surface area contributed by atoms with Crippen molar-refractivity contribution in [1.82, 2.24) is 14.9 Å². The Morgan fingerprint density at radius 1 is 1.19 bits per heavy atom. The number of hydrogen-bond acceptors (Lipinski definition) is 8. The van der Waals surface area contributed by atoms with Crippen molar-refractivity contribution in [3.8, 4) is 0 Å². The third-order valence-corrected chi connectivity index (χ3v) is 5.61. The second-order valence-corrected chi connectivity index (χ2v) is 7.75. The van der Waals surface area contributed by atoms with Crippen molar-refractivity contribution in [3.63, 3.8) is 0 Å². The van der Waals surface area contributed by atoms with Crippen molar-refractivity contribution in [2.75, 3.05) is 21.3 Å². The lowest BCUT2D eigenvalue weighted by Crippen LogP contribution is -2.22. The van der Waals surface area contributed by atoms with Gasteiger partial charge in [-0.15, -0.1) is 11.3 Å². The van der Waals surface area contributed by atoms with Crippen LogP contribution in [0.25, 0.3) is 10.2 Å². The largest absolute Gasteiger partial charge is 0.469 e. The molecule has 1 N–H and O–H groups in total. The van der Waals surface area contributed by atoms with Crippen molar-refractivity contribution in [2.45, 2.75) is 19.5 Å². The number of nitrogens with zero attached hydrogens (tertiary/aromatic N) is 2. The fourth-order valence-electron chi connectivity index (χ4n) is 3.08. The Morgan fingerprint density at radius 2 is 1.94 bits per heavy atom.